The Bertz CT molecular complexity index is 418. The molecule has 1 fully saturated rings. The molecule has 1 aliphatic heterocycles. The topological polar surface area (TPSA) is 72.8 Å². The van der Waals surface area contributed by atoms with Crippen molar-refractivity contribution in [3.63, 3.8) is 0 Å². The summed E-state index contributed by atoms with van der Waals surface area (Å²) in [6.07, 6.45) is 0.104. The van der Waals surface area contributed by atoms with E-state index in [1.54, 1.807) is 0 Å². The second-order valence-corrected chi connectivity index (χ2v) is 5.03. The largest absolute Gasteiger partial charge is 0.481 e. The number of hydrogen-bond donors (Lipinski definition) is 3. The Morgan fingerprint density at radius 3 is 2.47 bits per heavy atom. The lowest BCUT2D eigenvalue weighted by Gasteiger charge is -2.50. The van der Waals surface area contributed by atoms with Crippen LogP contribution < -0.4 is 5.32 Å². The van der Waals surface area contributed by atoms with Crippen LogP contribution >= 0.6 is 0 Å². The van der Waals surface area contributed by atoms with E-state index in [1.807, 2.05) is 30.3 Å². The number of aliphatic hydroxyl groups excluding tert-OH is 1. The smallest absolute Gasteiger partial charge is 0.305 e. The van der Waals surface area contributed by atoms with Gasteiger partial charge in [-0.1, -0.05) is 30.3 Å². The van der Waals surface area contributed by atoms with Gasteiger partial charge in [0.15, 0.2) is 0 Å². The van der Waals surface area contributed by atoms with Crippen LogP contribution in [0.1, 0.15) is 12.0 Å². The molecule has 0 unspecified atom stereocenters. The van der Waals surface area contributed by atoms with Crippen molar-refractivity contribution in [1.82, 2.24) is 10.2 Å². The molecular weight excluding hydrogens is 244 g/mol. The zero-order chi connectivity index (χ0) is 13.7. The molecule has 1 aromatic carbocycles. The summed E-state index contributed by atoms with van der Waals surface area (Å²) in [5, 5.41) is 21.4. The van der Waals surface area contributed by atoms with Crippen molar-refractivity contribution in [3.05, 3.63) is 35.9 Å². The first-order valence-electron chi connectivity index (χ1n) is 6.49. The van der Waals surface area contributed by atoms with Gasteiger partial charge in [-0.25, -0.2) is 0 Å². The van der Waals surface area contributed by atoms with Crippen LogP contribution in [0.15, 0.2) is 30.3 Å². The average Bonchev–Trinajstić information content (AvgIpc) is 2.34. The number of carboxylic acid groups (broad SMARTS) is 1. The molecule has 5 heteroatoms. The van der Waals surface area contributed by atoms with Crippen molar-refractivity contribution in [3.8, 4) is 0 Å². The molecule has 1 aromatic rings. The summed E-state index contributed by atoms with van der Waals surface area (Å²) >= 11 is 0. The number of carboxylic acids is 1. The molecule has 19 heavy (non-hydrogen) atoms. The van der Waals surface area contributed by atoms with E-state index in [1.165, 1.54) is 0 Å². The van der Waals surface area contributed by atoms with Gasteiger partial charge in [-0.2, -0.15) is 0 Å². The summed E-state index contributed by atoms with van der Waals surface area (Å²) in [7, 11) is 0. The number of aliphatic carboxylic acids is 1. The highest BCUT2D eigenvalue weighted by Crippen LogP contribution is 2.26. The lowest BCUT2D eigenvalue weighted by atomic mass is 9.86. The lowest BCUT2D eigenvalue weighted by Crippen LogP contribution is -2.69. The zero-order valence-corrected chi connectivity index (χ0v) is 10.9. The summed E-state index contributed by atoms with van der Waals surface area (Å²) in [4.78, 5) is 13.1. The second kappa shape index (κ2) is 6.14. The maximum Gasteiger partial charge on any atom is 0.305 e. The van der Waals surface area contributed by atoms with Crippen LogP contribution in [0.4, 0.5) is 0 Å². The quantitative estimate of drug-likeness (QED) is 0.660. The van der Waals surface area contributed by atoms with Gasteiger partial charge in [0.2, 0.25) is 0 Å². The molecule has 3 N–H and O–H groups in total. The Balaban J connectivity index is 2.12. The van der Waals surface area contributed by atoms with E-state index >= 15 is 0 Å². The third-order valence-corrected chi connectivity index (χ3v) is 3.65. The van der Waals surface area contributed by atoms with Gasteiger partial charge in [-0.3, -0.25) is 9.69 Å². The Morgan fingerprint density at radius 2 is 2.00 bits per heavy atom. The SMILES string of the molecule is O=C(O)CC1(N(CCO)Cc2ccccc2)CNC1. The van der Waals surface area contributed by atoms with E-state index in [2.05, 4.69) is 10.2 Å². The molecule has 0 bridgehead atoms. The van der Waals surface area contributed by atoms with Crippen LogP contribution in [-0.2, 0) is 11.3 Å². The summed E-state index contributed by atoms with van der Waals surface area (Å²) in [6, 6.07) is 9.93. The van der Waals surface area contributed by atoms with Crippen LogP contribution in [0.5, 0.6) is 0 Å². The Morgan fingerprint density at radius 1 is 1.32 bits per heavy atom. The summed E-state index contributed by atoms with van der Waals surface area (Å²) in [5.41, 5.74) is 0.761. The maximum atomic E-state index is 11.1. The van der Waals surface area contributed by atoms with Gasteiger partial charge in [0.05, 0.1) is 18.6 Å². The highest BCUT2D eigenvalue weighted by Gasteiger charge is 2.43. The Labute approximate surface area is 112 Å². The monoisotopic (exact) mass is 264 g/mol. The van der Waals surface area contributed by atoms with Crippen LogP contribution in [-0.4, -0.2) is 52.9 Å². The number of β-amino-alcohol motifs (C(OH)–C–C–N with tert-alkyl or cyclic N) is 1. The molecule has 0 atom stereocenters. The van der Waals surface area contributed by atoms with E-state index in [0.29, 0.717) is 26.2 Å². The Hall–Kier alpha value is -1.43. The fraction of sp³-hybridized carbons (Fsp3) is 0.500. The van der Waals surface area contributed by atoms with Gasteiger partial charge in [0.1, 0.15) is 0 Å². The molecule has 0 spiro atoms. The van der Waals surface area contributed by atoms with E-state index in [9.17, 15) is 9.90 Å². The first-order valence-corrected chi connectivity index (χ1v) is 6.49. The van der Waals surface area contributed by atoms with Gasteiger partial charge in [-0.15, -0.1) is 0 Å². The molecule has 2 rings (SSSR count). The van der Waals surface area contributed by atoms with Crippen molar-refractivity contribution < 1.29 is 15.0 Å². The van der Waals surface area contributed by atoms with Crippen molar-refractivity contribution in [2.75, 3.05) is 26.2 Å². The fourth-order valence-corrected chi connectivity index (χ4v) is 2.56. The lowest BCUT2D eigenvalue weighted by molar-refractivity contribution is -0.142. The minimum Gasteiger partial charge on any atom is -0.481 e. The van der Waals surface area contributed by atoms with Crippen LogP contribution in [0.3, 0.4) is 0 Å². The predicted octanol–water partition coefficient (Wildman–Crippen LogP) is 0.298. The number of hydrogen-bond acceptors (Lipinski definition) is 4. The highest BCUT2D eigenvalue weighted by atomic mass is 16.4. The number of nitrogens with zero attached hydrogens (tertiary/aromatic N) is 1. The summed E-state index contributed by atoms with van der Waals surface area (Å²) in [6.45, 7) is 2.51. The van der Waals surface area contributed by atoms with Crippen molar-refractivity contribution >= 4 is 5.97 Å². The molecule has 0 amide bonds. The van der Waals surface area contributed by atoms with Crippen molar-refractivity contribution in [1.29, 1.82) is 0 Å². The minimum absolute atomic E-state index is 0.0359. The predicted molar refractivity (Wildman–Crippen MR) is 71.8 cm³/mol. The molecule has 104 valence electrons. The molecule has 0 radical (unpaired) electrons. The summed E-state index contributed by atoms with van der Waals surface area (Å²) in [5.74, 6) is -0.794. The normalized spacial score (nSPS) is 17.2. The van der Waals surface area contributed by atoms with Gasteiger partial charge >= 0.3 is 5.97 Å². The number of carbonyl (C=O) groups is 1. The molecule has 0 saturated carbocycles. The zero-order valence-electron chi connectivity index (χ0n) is 10.9. The van der Waals surface area contributed by atoms with Gasteiger partial charge in [0.25, 0.3) is 0 Å². The molecule has 1 aliphatic rings. The first-order chi connectivity index (χ1) is 9.16. The molecule has 1 heterocycles. The third kappa shape index (κ3) is 3.32. The van der Waals surface area contributed by atoms with Gasteiger partial charge in [-0.05, 0) is 5.56 Å². The summed E-state index contributed by atoms with van der Waals surface area (Å²) < 4.78 is 0. The van der Waals surface area contributed by atoms with Crippen molar-refractivity contribution in [2.45, 2.75) is 18.5 Å². The minimum atomic E-state index is -0.794. The van der Waals surface area contributed by atoms with Crippen LogP contribution in [0.2, 0.25) is 0 Å². The second-order valence-electron chi connectivity index (χ2n) is 5.03. The van der Waals surface area contributed by atoms with Crippen molar-refractivity contribution in [2.24, 2.45) is 0 Å². The molecule has 5 nitrogen and oxygen atoms in total. The Kier molecular flexibility index (Phi) is 4.52. The number of nitrogens with one attached hydrogen (secondary N) is 1. The average molecular weight is 264 g/mol. The molecule has 0 aliphatic carbocycles. The number of rotatable bonds is 7. The van der Waals surface area contributed by atoms with Gasteiger partial charge in [0, 0.05) is 26.2 Å². The van der Waals surface area contributed by atoms with E-state index in [4.69, 9.17) is 5.11 Å². The van der Waals surface area contributed by atoms with E-state index < -0.39 is 5.97 Å². The standard InChI is InChI=1S/C14H20N2O3/c17-7-6-16(9-12-4-2-1-3-5-12)14(8-13(18)19)10-15-11-14/h1-5,15,17H,6-11H2,(H,18,19). The first kappa shape index (κ1) is 14.0. The number of benzene rings is 1. The maximum absolute atomic E-state index is 11.1. The third-order valence-electron chi connectivity index (χ3n) is 3.65. The van der Waals surface area contributed by atoms with Crippen LogP contribution in [0.25, 0.3) is 0 Å². The van der Waals surface area contributed by atoms with E-state index in [-0.39, 0.29) is 18.6 Å². The van der Waals surface area contributed by atoms with Crippen LogP contribution in [0, 0.1) is 0 Å². The van der Waals surface area contributed by atoms with E-state index in [0.717, 1.165) is 5.56 Å². The van der Waals surface area contributed by atoms with Gasteiger partial charge < -0.3 is 15.5 Å². The molecule has 0 aromatic heterocycles. The molecule has 1 saturated heterocycles. The number of aliphatic hydroxyl groups is 1. The highest BCUT2D eigenvalue weighted by molar-refractivity contribution is 5.68. The fourth-order valence-electron chi connectivity index (χ4n) is 2.56. The molecular formula is C14H20N2O3.